The first-order chi connectivity index (χ1) is 6.49. The maximum absolute atomic E-state index is 12.8. The highest BCUT2D eigenvalue weighted by molar-refractivity contribution is 9.10. The van der Waals surface area contributed by atoms with Gasteiger partial charge in [0.1, 0.15) is 5.69 Å². The molecule has 1 aromatic carbocycles. The smallest absolute Gasteiger partial charge is 0.316 e. The van der Waals surface area contributed by atoms with Crippen LogP contribution in [0.5, 0.6) is 0 Å². The molecule has 1 rings (SSSR count). The number of rotatable bonds is 2. The maximum atomic E-state index is 12.8. The predicted octanol–water partition coefficient (Wildman–Crippen LogP) is 2.73. The van der Waals surface area contributed by atoms with Crippen molar-refractivity contribution in [2.24, 2.45) is 0 Å². The zero-order valence-electron chi connectivity index (χ0n) is 6.35. The zero-order chi connectivity index (χ0) is 10.9. The Morgan fingerprint density at radius 2 is 1.93 bits per heavy atom. The molecule has 0 amide bonds. The lowest BCUT2D eigenvalue weighted by molar-refractivity contribution is -0.386. The van der Waals surface area contributed by atoms with Gasteiger partial charge in [0.2, 0.25) is 11.6 Å². The first-order valence-electron chi connectivity index (χ1n) is 3.17. The summed E-state index contributed by atoms with van der Waals surface area (Å²) >= 11 is 2.56. The van der Waals surface area contributed by atoms with Crippen LogP contribution < -0.4 is 4.34 Å². The minimum absolute atomic E-state index is 0.477. The summed E-state index contributed by atoms with van der Waals surface area (Å²) in [6.07, 6.45) is 0. The molecule has 1 N–H and O–H groups in total. The zero-order valence-corrected chi connectivity index (χ0v) is 7.94. The largest absolute Gasteiger partial charge is 0.331 e. The summed E-state index contributed by atoms with van der Waals surface area (Å²) < 4.78 is 40.0. The minimum Gasteiger partial charge on any atom is -0.316 e. The second-order valence-corrected chi connectivity index (χ2v) is 2.63. The van der Waals surface area contributed by atoms with Crippen LogP contribution in [0.3, 0.4) is 0 Å². The van der Waals surface area contributed by atoms with Gasteiger partial charge in [0.15, 0.2) is 5.82 Å². The molecular weight excluding hydrogens is 269 g/mol. The third-order valence-electron chi connectivity index (χ3n) is 1.42. The van der Waals surface area contributed by atoms with Crippen LogP contribution in [0, 0.1) is 27.6 Å². The molecule has 0 aliphatic carbocycles. The van der Waals surface area contributed by atoms with E-state index < -0.39 is 33.7 Å². The molecule has 0 bridgehead atoms. The summed E-state index contributed by atoms with van der Waals surface area (Å²) in [5, 5.41) is 10.3. The summed E-state index contributed by atoms with van der Waals surface area (Å²) in [4.78, 5) is 9.13. The van der Waals surface area contributed by atoms with Crippen LogP contribution in [0.4, 0.5) is 24.5 Å². The summed E-state index contributed by atoms with van der Waals surface area (Å²) in [7, 11) is 0. The lowest BCUT2D eigenvalue weighted by Crippen LogP contribution is -2.01. The van der Waals surface area contributed by atoms with E-state index >= 15 is 0 Å². The average molecular weight is 271 g/mol. The molecule has 0 heterocycles. The van der Waals surface area contributed by atoms with E-state index in [1.54, 1.807) is 0 Å². The van der Waals surface area contributed by atoms with Crippen molar-refractivity contribution in [2.45, 2.75) is 0 Å². The molecule has 0 saturated heterocycles. The Morgan fingerprint density at radius 3 is 2.36 bits per heavy atom. The number of nitrogens with one attached hydrogen (secondary N) is 1. The number of nitro benzene ring substituents is 1. The maximum Gasteiger partial charge on any atom is 0.331 e. The third-order valence-corrected chi connectivity index (χ3v) is 1.85. The number of hydrogen-bond donors (Lipinski definition) is 1. The topological polar surface area (TPSA) is 55.2 Å². The van der Waals surface area contributed by atoms with Crippen LogP contribution >= 0.6 is 16.1 Å². The Kier molecular flexibility index (Phi) is 2.94. The van der Waals surface area contributed by atoms with Gasteiger partial charge >= 0.3 is 5.69 Å². The van der Waals surface area contributed by atoms with Gasteiger partial charge < -0.3 is 4.34 Å². The van der Waals surface area contributed by atoms with Crippen molar-refractivity contribution in [3.05, 3.63) is 33.6 Å². The summed E-state index contributed by atoms with van der Waals surface area (Å²) in [6, 6.07) is 0.477. The summed E-state index contributed by atoms with van der Waals surface area (Å²) in [5.74, 6) is -5.21. The fourth-order valence-electron chi connectivity index (χ4n) is 0.836. The van der Waals surface area contributed by atoms with Crippen LogP contribution in [-0.2, 0) is 0 Å². The fourth-order valence-corrected chi connectivity index (χ4v) is 1.14. The van der Waals surface area contributed by atoms with E-state index in [1.165, 1.54) is 0 Å². The molecule has 0 spiro atoms. The molecule has 0 aliphatic heterocycles. The van der Waals surface area contributed by atoms with Gasteiger partial charge in [-0.3, -0.25) is 10.1 Å². The Morgan fingerprint density at radius 1 is 1.36 bits per heavy atom. The number of halogens is 4. The Hall–Kier alpha value is -1.31. The highest BCUT2D eigenvalue weighted by Crippen LogP contribution is 2.31. The number of nitrogens with zero attached hydrogens (tertiary/aromatic N) is 1. The van der Waals surface area contributed by atoms with Gasteiger partial charge in [-0.15, -0.1) is 0 Å². The van der Waals surface area contributed by atoms with Gasteiger partial charge in [-0.25, -0.2) is 8.78 Å². The molecule has 4 nitrogen and oxygen atoms in total. The number of nitro groups is 1. The van der Waals surface area contributed by atoms with Crippen molar-refractivity contribution >= 4 is 27.5 Å². The van der Waals surface area contributed by atoms with Gasteiger partial charge in [0.05, 0.1) is 4.92 Å². The van der Waals surface area contributed by atoms with Gasteiger partial charge in [0.25, 0.3) is 0 Å². The van der Waals surface area contributed by atoms with E-state index in [4.69, 9.17) is 0 Å². The van der Waals surface area contributed by atoms with Crippen LogP contribution in [0.15, 0.2) is 6.07 Å². The van der Waals surface area contributed by atoms with Crippen molar-refractivity contribution in [2.75, 3.05) is 4.34 Å². The molecule has 8 heteroatoms. The highest BCUT2D eigenvalue weighted by atomic mass is 79.9. The van der Waals surface area contributed by atoms with Crippen molar-refractivity contribution in [3.63, 3.8) is 0 Å². The summed E-state index contributed by atoms with van der Waals surface area (Å²) in [5.41, 5.74) is -1.65. The van der Waals surface area contributed by atoms with E-state index in [0.29, 0.717) is 6.07 Å². The molecular formula is C6H2BrF3N2O2. The number of benzene rings is 1. The van der Waals surface area contributed by atoms with Gasteiger partial charge in [-0.1, -0.05) is 0 Å². The molecule has 0 aromatic heterocycles. The summed E-state index contributed by atoms with van der Waals surface area (Å²) in [6.45, 7) is 0. The predicted molar refractivity (Wildman–Crippen MR) is 45.5 cm³/mol. The van der Waals surface area contributed by atoms with Crippen molar-refractivity contribution in [3.8, 4) is 0 Å². The van der Waals surface area contributed by atoms with Crippen LogP contribution in [0.2, 0.25) is 0 Å². The third kappa shape index (κ3) is 1.65. The molecule has 0 saturated carbocycles. The Bertz CT molecular complexity index is 399. The molecule has 1 aromatic rings. The average Bonchev–Trinajstić information content (AvgIpc) is 2.12. The lowest BCUT2D eigenvalue weighted by Gasteiger charge is -2.02. The highest BCUT2D eigenvalue weighted by Gasteiger charge is 2.27. The monoisotopic (exact) mass is 270 g/mol. The molecule has 14 heavy (non-hydrogen) atoms. The first kappa shape index (κ1) is 10.8. The number of anilines is 1. The molecule has 76 valence electrons. The normalized spacial score (nSPS) is 10.0. The van der Waals surface area contributed by atoms with E-state index in [2.05, 4.69) is 16.1 Å². The molecule has 0 unspecified atom stereocenters. The van der Waals surface area contributed by atoms with Gasteiger partial charge in [-0.2, -0.15) is 4.39 Å². The SMILES string of the molecule is O=[N+]([O-])c1c(NBr)cc(F)c(F)c1F. The van der Waals surface area contributed by atoms with Crippen molar-refractivity contribution in [1.29, 1.82) is 0 Å². The van der Waals surface area contributed by atoms with E-state index in [-0.39, 0.29) is 0 Å². The van der Waals surface area contributed by atoms with E-state index in [0.717, 1.165) is 0 Å². The van der Waals surface area contributed by atoms with Crippen LogP contribution in [0.25, 0.3) is 0 Å². The Balaban J connectivity index is 3.53. The first-order valence-corrected chi connectivity index (χ1v) is 3.97. The van der Waals surface area contributed by atoms with Crippen LogP contribution in [-0.4, -0.2) is 4.92 Å². The molecule has 0 atom stereocenters. The van der Waals surface area contributed by atoms with E-state index in [1.807, 2.05) is 4.34 Å². The second-order valence-electron chi connectivity index (χ2n) is 2.23. The minimum atomic E-state index is -1.87. The van der Waals surface area contributed by atoms with E-state index in [9.17, 15) is 23.3 Å². The van der Waals surface area contributed by atoms with Gasteiger partial charge in [0, 0.05) is 22.2 Å². The van der Waals surface area contributed by atoms with Crippen molar-refractivity contribution < 1.29 is 18.1 Å². The van der Waals surface area contributed by atoms with Gasteiger partial charge in [-0.05, 0) is 0 Å². The van der Waals surface area contributed by atoms with Crippen LogP contribution in [0.1, 0.15) is 0 Å². The quantitative estimate of drug-likeness (QED) is 0.389. The number of hydrogen-bond acceptors (Lipinski definition) is 3. The molecule has 0 fully saturated rings. The van der Waals surface area contributed by atoms with Crippen molar-refractivity contribution in [1.82, 2.24) is 0 Å². The fraction of sp³-hybridized carbons (Fsp3) is 0. The Labute approximate surface area is 84.2 Å². The standard InChI is InChI=1S/C6H2BrF3N2O2/c7-11-3-1-2(8)4(9)5(10)6(3)12(13)14/h1,11H. The molecule has 0 radical (unpaired) electrons. The lowest BCUT2D eigenvalue weighted by atomic mass is 10.2. The second kappa shape index (κ2) is 3.82. The molecule has 0 aliphatic rings.